The lowest BCUT2D eigenvalue weighted by Crippen LogP contribution is -2.28. The maximum atomic E-state index is 11.3. The molecule has 1 aliphatic rings. The minimum atomic E-state index is -0.407. The molecule has 2 rings (SSSR count). The molecule has 0 aromatic heterocycles. The van der Waals surface area contributed by atoms with Crippen LogP contribution in [-0.4, -0.2) is 25.0 Å². The Hall–Kier alpha value is -2.55. The van der Waals surface area contributed by atoms with Crippen LogP contribution in [0.25, 0.3) is 0 Å². The number of anilines is 1. The molecule has 2 N–H and O–H groups in total. The second-order valence-electron chi connectivity index (χ2n) is 4.09. The van der Waals surface area contributed by atoms with Crippen molar-refractivity contribution in [2.24, 2.45) is 4.99 Å². The smallest absolute Gasteiger partial charge is 0.330 e. The van der Waals surface area contributed by atoms with Crippen molar-refractivity contribution < 1.29 is 9.53 Å². The maximum absolute atomic E-state index is 11.3. The molecule has 0 saturated carbocycles. The van der Waals surface area contributed by atoms with E-state index < -0.39 is 6.04 Å². The minimum Gasteiger partial charge on any atom is -0.467 e. The van der Waals surface area contributed by atoms with Crippen LogP contribution in [-0.2, 0) is 9.53 Å². The second-order valence-corrected chi connectivity index (χ2v) is 4.09. The van der Waals surface area contributed by atoms with Gasteiger partial charge in [0.25, 0.3) is 0 Å². The summed E-state index contributed by atoms with van der Waals surface area (Å²) in [5.74, 6) is 0.412. The van der Waals surface area contributed by atoms with Crippen LogP contribution in [0.2, 0.25) is 0 Å². The van der Waals surface area contributed by atoms with Gasteiger partial charge in [0.2, 0.25) is 0 Å². The van der Waals surface area contributed by atoms with Crippen LogP contribution in [0, 0.1) is 11.3 Å². The maximum Gasteiger partial charge on any atom is 0.330 e. The SMILES string of the molecule is COC(=O)C1CCC(NNc2ccc(C#N)cc2)=N1. The number of hydrogen-bond acceptors (Lipinski definition) is 6. The van der Waals surface area contributed by atoms with Gasteiger partial charge in [0, 0.05) is 6.42 Å². The number of hydrazine groups is 1. The van der Waals surface area contributed by atoms with Gasteiger partial charge in [-0.15, -0.1) is 0 Å². The van der Waals surface area contributed by atoms with E-state index in [2.05, 4.69) is 26.7 Å². The van der Waals surface area contributed by atoms with Crippen molar-refractivity contribution >= 4 is 17.5 Å². The van der Waals surface area contributed by atoms with E-state index in [-0.39, 0.29) is 5.97 Å². The third-order valence-electron chi connectivity index (χ3n) is 2.80. The van der Waals surface area contributed by atoms with Crippen LogP contribution in [0.3, 0.4) is 0 Å². The monoisotopic (exact) mass is 258 g/mol. The van der Waals surface area contributed by atoms with Crippen LogP contribution in [0.1, 0.15) is 18.4 Å². The van der Waals surface area contributed by atoms with Gasteiger partial charge in [0.15, 0.2) is 0 Å². The zero-order valence-electron chi connectivity index (χ0n) is 10.5. The molecular weight excluding hydrogens is 244 g/mol. The Bertz CT molecular complexity index is 531. The van der Waals surface area contributed by atoms with E-state index in [1.165, 1.54) is 7.11 Å². The van der Waals surface area contributed by atoms with E-state index >= 15 is 0 Å². The Morgan fingerprint density at radius 3 is 2.79 bits per heavy atom. The summed E-state index contributed by atoms with van der Waals surface area (Å²) < 4.78 is 4.65. The van der Waals surface area contributed by atoms with E-state index in [0.717, 1.165) is 11.5 Å². The number of hydrogen-bond donors (Lipinski definition) is 2. The average molecular weight is 258 g/mol. The van der Waals surface area contributed by atoms with Gasteiger partial charge in [-0.3, -0.25) is 15.8 Å². The number of nitriles is 1. The summed E-state index contributed by atoms with van der Waals surface area (Å²) in [6.45, 7) is 0. The fourth-order valence-corrected chi connectivity index (χ4v) is 1.76. The van der Waals surface area contributed by atoms with Crippen molar-refractivity contribution in [3.05, 3.63) is 29.8 Å². The van der Waals surface area contributed by atoms with Gasteiger partial charge in [-0.1, -0.05) is 0 Å². The lowest BCUT2D eigenvalue weighted by Gasteiger charge is -2.08. The predicted octanol–water partition coefficient (Wildman–Crippen LogP) is 1.21. The first kappa shape index (κ1) is 12.9. The Morgan fingerprint density at radius 2 is 2.16 bits per heavy atom. The third kappa shape index (κ3) is 3.22. The van der Waals surface area contributed by atoms with E-state index in [9.17, 15) is 4.79 Å². The molecule has 98 valence electrons. The molecule has 1 aromatic carbocycles. The largest absolute Gasteiger partial charge is 0.467 e. The van der Waals surface area contributed by atoms with Crippen LogP contribution in [0.4, 0.5) is 5.69 Å². The number of methoxy groups -OCH3 is 1. The number of amidine groups is 1. The molecule has 6 heteroatoms. The number of benzene rings is 1. The van der Waals surface area contributed by atoms with Crippen LogP contribution < -0.4 is 10.9 Å². The summed E-state index contributed by atoms with van der Waals surface area (Å²) in [5, 5.41) is 8.69. The molecule has 1 heterocycles. The summed E-state index contributed by atoms with van der Waals surface area (Å²) in [6, 6.07) is 8.67. The van der Waals surface area contributed by atoms with Crippen LogP contribution in [0.5, 0.6) is 0 Å². The predicted molar refractivity (Wildman–Crippen MR) is 70.4 cm³/mol. The Kier molecular flexibility index (Phi) is 3.98. The highest BCUT2D eigenvalue weighted by molar-refractivity contribution is 5.90. The molecule has 0 saturated heterocycles. The van der Waals surface area contributed by atoms with Crippen molar-refractivity contribution in [3.63, 3.8) is 0 Å². The normalized spacial score (nSPS) is 17.3. The molecule has 1 aromatic rings. The first-order valence-electron chi connectivity index (χ1n) is 5.89. The number of rotatable bonds is 3. The summed E-state index contributed by atoms with van der Waals surface area (Å²) in [4.78, 5) is 15.5. The van der Waals surface area contributed by atoms with Gasteiger partial charge in [-0.2, -0.15) is 5.26 Å². The molecule has 0 spiro atoms. The number of carbonyl (C=O) groups is 1. The molecule has 1 aliphatic heterocycles. The molecule has 0 aliphatic carbocycles. The van der Waals surface area contributed by atoms with E-state index in [4.69, 9.17) is 5.26 Å². The first-order valence-corrected chi connectivity index (χ1v) is 5.89. The summed E-state index contributed by atoms with van der Waals surface area (Å²) >= 11 is 0. The summed E-state index contributed by atoms with van der Waals surface area (Å²) in [7, 11) is 1.36. The zero-order chi connectivity index (χ0) is 13.7. The van der Waals surface area contributed by atoms with Crippen LogP contribution >= 0.6 is 0 Å². The van der Waals surface area contributed by atoms with Crippen molar-refractivity contribution in [1.29, 1.82) is 5.26 Å². The summed E-state index contributed by atoms with van der Waals surface area (Å²) in [5.41, 5.74) is 7.36. The van der Waals surface area contributed by atoms with Gasteiger partial charge in [-0.25, -0.2) is 4.79 Å². The Labute approximate surface area is 111 Å². The quantitative estimate of drug-likeness (QED) is 0.628. The number of nitrogens with zero attached hydrogens (tertiary/aromatic N) is 2. The highest BCUT2D eigenvalue weighted by Gasteiger charge is 2.24. The van der Waals surface area contributed by atoms with Gasteiger partial charge < -0.3 is 4.74 Å². The number of aliphatic imine (C=N–C) groups is 1. The van der Waals surface area contributed by atoms with E-state index in [0.29, 0.717) is 18.4 Å². The molecule has 0 amide bonds. The van der Waals surface area contributed by atoms with Crippen molar-refractivity contribution in [3.8, 4) is 6.07 Å². The fourth-order valence-electron chi connectivity index (χ4n) is 1.76. The minimum absolute atomic E-state index is 0.310. The molecule has 1 unspecified atom stereocenters. The number of esters is 1. The molecule has 19 heavy (non-hydrogen) atoms. The lowest BCUT2D eigenvalue weighted by molar-refractivity contribution is -0.141. The van der Waals surface area contributed by atoms with Gasteiger partial charge >= 0.3 is 5.97 Å². The molecule has 0 radical (unpaired) electrons. The lowest BCUT2D eigenvalue weighted by atomic mass is 10.2. The highest BCUT2D eigenvalue weighted by atomic mass is 16.5. The highest BCUT2D eigenvalue weighted by Crippen LogP contribution is 2.14. The Balaban J connectivity index is 1.89. The standard InChI is InChI=1S/C13H14N4O2/c1-19-13(18)11-6-7-12(15-11)17-16-10-4-2-9(8-14)3-5-10/h2-5,11,16H,6-7H2,1H3,(H,15,17). The number of ether oxygens (including phenoxy) is 1. The molecular formula is C13H14N4O2. The van der Waals surface area contributed by atoms with Crippen molar-refractivity contribution in [2.45, 2.75) is 18.9 Å². The third-order valence-corrected chi connectivity index (χ3v) is 2.80. The summed E-state index contributed by atoms with van der Waals surface area (Å²) in [6.07, 6.45) is 1.35. The molecule has 6 nitrogen and oxygen atoms in total. The average Bonchev–Trinajstić information content (AvgIpc) is 2.93. The zero-order valence-corrected chi connectivity index (χ0v) is 10.5. The second kappa shape index (κ2) is 5.87. The van der Waals surface area contributed by atoms with Gasteiger partial charge in [0.1, 0.15) is 11.9 Å². The fraction of sp³-hybridized carbons (Fsp3) is 0.308. The Morgan fingerprint density at radius 1 is 1.42 bits per heavy atom. The topological polar surface area (TPSA) is 86.5 Å². The van der Waals surface area contributed by atoms with Crippen molar-refractivity contribution in [1.82, 2.24) is 5.43 Å². The number of nitrogens with one attached hydrogen (secondary N) is 2. The van der Waals surface area contributed by atoms with Gasteiger partial charge in [-0.05, 0) is 30.7 Å². The van der Waals surface area contributed by atoms with Crippen molar-refractivity contribution in [2.75, 3.05) is 12.5 Å². The van der Waals surface area contributed by atoms with E-state index in [1.54, 1.807) is 24.3 Å². The first-order chi connectivity index (χ1) is 9.22. The van der Waals surface area contributed by atoms with E-state index in [1.807, 2.05) is 0 Å². The van der Waals surface area contributed by atoms with Gasteiger partial charge in [0.05, 0.1) is 24.4 Å². The molecule has 0 fully saturated rings. The number of carbonyl (C=O) groups excluding carboxylic acids is 1. The molecule has 0 bridgehead atoms. The van der Waals surface area contributed by atoms with Crippen LogP contribution in [0.15, 0.2) is 29.3 Å². The molecule has 1 atom stereocenters.